The Morgan fingerprint density at radius 1 is 1.22 bits per heavy atom. The minimum atomic E-state index is -1.40. The summed E-state index contributed by atoms with van der Waals surface area (Å²) in [5, 5.41) is 16.2. The van der Waals surface area contributed by atoms with E-state index in [1.54, 1.807) is 18.5 Å². The maximum absolute atomic E-state index is 12.8. The fourth-order valence-electron chi connectivity index (χ4n) is 3.57. The zero-order valence-electron chi connectivity index (χ0n) is 17.2. The largest absolute Gasteiger partial charge is 0.392 e. The molecule has 9 nitrogen and oxygen atoms in total. The highest BCUT2D eigenvalue weighted by Gasteiger charge is 2.25. The highest BCUT2D eigenvalue weighted by molar-refractivity contribution is 7.84. The number of aliphatic hydroxyl groups is 1. The molecular formula is C21H21ClN6O3S. The van der Waals surface area contributed by atoms with Gasteiger partial charge in [-0.05, 0) is 41.7 Å². The molecule has 0 bridgehead atoms. The molecule has 1 aliphatic carbocycles. The SMILES string of the molecule is CS(=O)c1ncc(C(=O)NCc2ncccn2)c(NC2Cc3cc(Cl)c(CO)cc3C2)n1. The summed E-state index contributed by atoms with van der Waals surface area (Å²) in [5.74, 6) is 0.392. The van der Waals surface area contributed by atoms with Crippen LogP contribution >= 0.6 is 11.6 Å². The van der Waals surface area contributed by atoms with Crippen molar-refractivity contribution in [1.29, 1.82) is 0 Å². The average Bonchev–Trinajstić information content (AvgIpc) is 3.18. The van der Waals surface area contributed by atoms with E-state index in [1.807, 2.05) is 12.1 Å². The predicted molar refractivity (Wildman–Crippen MR) is 120 cm³/mol. The second-order valence-corrected chi connectivity index (χ2v) is 9.02. The minimum absolute atomic E-state index is 0.0490. The topological polar surface area (TPSA) is 130 Å². The van der Waals surface area contributed by atoms with E-state index in [0.717, 1.165) is 11.1 Å². The average molecular weight is 473 g/mol. The maximum atomic E-state index is 12.8. The first kappa shape index (κ1) is 22.3. The fourth-order valence-corrected chi connectivity index (χ4v) is 4.23. The van der Waals surface area contributed by atoms with E-state index in [4.69, 9.17) is 11.6 Å². The second kappa shape index (κ2) is 9.68. The molecule has 1 aliphatic rings. The lowest BCUT2D eigenvalue weighted by atomic mass is 10.1. The van der Waals surface area contributed by atoms with Crippen molar-refractivity contribution in [3.63, 3.8) is 0 Å². The van der Waals surface area contributed by atoms with Crippen LogP contribution in [0.2, 0.25) is 5.02 Å². The fraction of sp³-hybridized carbons (Fsp3) is 0.286. The number of amides is 1. The second-order valence-electron chi connectivity index (χ2n) is 7.34. The zero-order chi connectivity index (χ0) is 22.7. The first-order valence-electron chi connectivity index (χ1n) is 9.86. The number of carbonyl (C=O) groups is 1. The van der Waals surface area contributed by atoms with Crippen molar-refractivity contribution in [1.82, 2.24) is 25.3 Å². The Bertz CT molecular complexity index is 1180. The standard InChI is InChI=1S/C21H21ClN6O3S/c1-32(31)21-26-9-16(20(30)25-10-18-23-3-2-4-24-18)19(28-21)27-15-6-12-5-14(11-29)17(22)8-13(12)7-15/h2-5,8-9,15,29H,6-7,10-11H2,1H3,(H,25,30)(H,26,27,28). The van der Waals surface area contributed by atoms with Crippen LogP contribution in [0.1, 0.15) is 32.9 Å². The summed E-state index contributed by atoms with van der Waals surface area (Å²) < 4.78 is 11.9. The quantitative estimate of drug-likeness (QED) is 0.442. The lowest BCUT2D eigenvalue weighted by Crippen LogP contribution is -2.28. The van der Waals surface area contributed by atoms with E-state index in [2.05, 4.69) is 30.6 Å². The van der Waals surface area contributed by atoms with E-state index < -0.39 is 16.7 Å². The Morgan fingerprint density at radius 2 is 1.94 bits per heavy atom. The third kappa shape index (κ3) is 4.93. The van der Waals surface area contributed by atoms with E-state index in [1.165, 1.54) is 12.5 Å². The van der Waals surface area contributed by atoms with Crippen molar-refractivity contribution in [3.8, 4) is 0 Å². The number of aliphatic hydroxyl groups excluding tert-OH is 1. The van der Waals surface area contributed by atoms with E-state index in [-0.39, 0.29) is 29.9 Å². The molecule has 4 rings (SSSR count). The van der Waals surface area contributed by atoms with Crippen molar-refractivity contribution < 1.29 is 14.1 Å². The molecule has 3 aromatic rings. The third-order valence-electron chi connectivity index (χ3n) is 5.11. The maximum Gasteiger partial charge on any atom is 0.256 e. The summed E-state index contributed by atoms with van der Waals surface area (Å²) in [4.78, 5) is 29.4. The molecule has 0 fully saturated rings. The number of hydrogen-bond donors (Lipinski definition) is 3. The number of carbonyl (C=O) groups excluding carboxylic acids is 1. The van der Waals surface area contributed by atoms with Crippen LogP contribution in [-0.2, 0) is 36.8 Å². The van der Waals surface area contributed by atoms with Crippen molar-refractivity contribution in [2.24, 2.45) is 0 Å². The monoisotopic (exact) mass is 472 g/mol. The van der Waals surface area contributed by atoms with Gasteiger partial charge in [0.05, 0.1) is 24.0 Å². The number of anilines is 1. The van der Waals surface area contributed by atoms with Crippen LogP contribution in [0, 0.1) is 0 Å². The van der Waals surface area contributed by atoms with Crippen LogP contribution in [0.15, 0.2) is 41.9 Å². The van der Waals surface area contributed by atoms with Gasteiger partial charge >= 0.3 is 0 Å². The summed E-state index contributed by atoms with van der Waals surface area (Å²) in [6, 6.07) is 5.41. The zero-order valence-corrected chi connectivity index (χ0v) is 18.8. The van der Waals surface area contributed by atoms with Crippen molar-refractivity contribution in [3.05, 3.63) is 69.9 Å². The van der Waals surface area contributed by atoms with Gasteiger partial charge in [0.2, 0.25) is 5.16 Å². The van der Waals surface area contributed by atoms with Gasteiger partial charge in [0.1, 0.15) is 17.2 Å². The van der Waals surface area contributed by atoms with Crippen LogP contribution in [0.4, 0.5) is 5.82 Å². The Labute approximate surface area is 192 Å². The third-order valence-corrected chi connectivity index (χ3v) is 6.17. The lowest BCUT2D eigenvalue weighted by Gasteiger charge is -2.16. The van der Waals surface area contributed by atoms with E-state index >= 15 is 0 Å². The summed E-state index contributed by atoms with van der Waals surface area (Å²) in [6.45, 7) is 0.0229. The Balaban J connectivity index is 1.54. The van der Waals surface area contributed by atoms with E-state index in [9.17, 15) is 14.1 Å². The Hall–Kier alpha value is -2.95. The number of nitrogens with zero attached hydrogens (tertiary/aromatic N) is 4. The smallest absolute Gasteiger partial charge is 0.256 e. The van der Waals surface area contributed by atoms with Gasteiger partial charge in [-0.15, -0.1) is 0 Å². The molecular weight excluding hydrogens is 452 g/mol. The van der Waals surface area contributed by atoms with Gasteiger partial charge in [-0.1, -0.05) is 17.7 Å². The number of aromatic nitrogens is 4. The number of rotatable bonds is 7. The lowest BCUT2D eigenvalue weighted by molar-refractivity contribution is 0.0949. The highest BCUT2D eigenvalue weighted by atomic mass is 35.5. The molecule has 2 heterocycles. The van der Waals surface area contributed by atoms with E-state index in [0.29, 0.717) is 35.1 Å². The Morgan fingerprint density at radius 3 is 2.62 bits per heavy atom. The van der Waals surface area contributed by atoms with Gasteiger partial charge in [-0.2, -0.15) is 0 Å². The van der Waals surface area contributed by atoms with Crippen molar-refractivity contribution in [2.75, 3.05) is 11.6 Å². The molecule has 1 amide bonds. The minimum Gasteiger partial charge on any atom is -0.392 e. The molecule has 1 aromatic carbocycles. The molecule has 2 aromatic heterocycles. The molecule has 32 heavy (non-hydrogen) atoms. The Kier molecular flexibility index (Phi) is 6.73. The molecule has 0 aliphatic heterocycles. The van der Waals surface area contributed by atoms with Gasteiger partial charge in [0.15, 0.2) is 0 Å². The number of halogens is 1. The van der Waals surface area contributed by atoms with Crippen LogP contribution in [0.3, 0.4) is 0 Å². The molecule has 0 saturated heterocycles. The van der Waals surface area contributed by atoms with Gasteiger partial charge in [0.25, 0.3) is 5.91 Å². The summed E-state index contributed by atoms with van der Waals surface area (Å²) in [5.41, 5.74) is 3.07. The van der Waals surface area contributed by atoms with Crippen LogP contribution in [-0.4, -0.2) is 47.5 Å². The molecule has 0 saturated carbocycles. The number of fused-ring (bicyclic) bond motifs is 1. The molecule has 166 valence electrons. The van der Waals surface area contributed by atoms with Crippen molar-refractivity contribution >= 4 is 34.1 Å². The molecule has 0 radical (unpaired) electrons. The normalized spacial score (nSPS) is 15.8. The van der Waals surface area contributed by atoms with Crippen molar-refractivity contribution in [2.45, 2.75) is 37.2 Å². The van der Waals surface area contributed by atoms with Crippen LogP contribution in [0.5, 0.6) is 0 Å². The predicted octanol–water partition coefficient (Wildman–Crippen LogP) is 1.66. The number of hydrogen-bond acceptors (Lipinski definition) is 8. The summed E-state index contributed by atoms with van der Waals surface area (Å²) in [6.07, 6.45) is 7.40. The first-order valence-corrected chi connectivity index (χ1v) is 11.8. The summed E-state index contributed by atoms with van der Waals surface area (Å²) >= 11 is 6.23. The van der Waals surface area contributed by atoms with Gasteiger partial charge in [0, 0.05) is 35.9 Å². The molecule has 2 atom stereocenters. The number of benzene rings is 1. The van der Waals surface area contributed by atoms with Gasteiger partial charge in [-0.25, -0.2) is 19.9 Å². The first-order chi connectivity index (χ1) is 15.4. The number of nitrogens with one attached hydrogen (secondary N) is 2. The molecule has 2 unspecified atom stereocenters. The highest BCUT2D eigenvalue weighted by Crippen LogP contribution is 2.30. The summed E-state index contributed by atoms with van der Waals surface area (Å²) in [7, 11) is -1.40. The van der Waals surface area contributed by atoms with Crippen LogP contribution in [0.25, 0.3) is 0 Å². The molecule has 3 N–H and O–H groups in total. The molecule has 0 spiro atoms. The van der Waals surface area contributed by atoms with Gasteiger partial charge in [-0.3, -0.25) is 9.00 Å². The molecule has 11 heteroatoms. The van der Waals surface area contributed by atoms with Gasteiger partial charge < -0.3 is 15.7 Å². The van der Waals surface area contributed by atoms with Crippen LogP contribution < -0.4 is 10.6 Å².